The molecule has 1 aromatic rings. The Kier molecular flexibility index (Phi) is 8.53. The van der Waals surface area contributed by atoms with Crippen molar-refractivity contribution in [2.75, 3.05) is 0 Å². The van der Waals surface area contributed by atoms with Gasteiger partial charge in [0.15, 0.2) is 0 Å². The molecule has 0 saturated heterocycles. The molecule has 0 aliphatic carbocycles. The minimum atomic E-state index is 0.914. The quantitative estimate of drug-likeness (QED) is 0.544. The van der Waals surface area contributed by atoms with Crippen molar-refractivity contribution in [1.82, 2.24) is 14.8 Å². The molecule has 0 bridgehead atoms. The molecule has 3 nitrogen and oxygen atoms in total. The maximum absolute atomic E-state index is 3.81. The SMILES string of the molecule is CCCCCCC(C)CCCCCn1cnnc1. The zero-order valence-electron chi connectivity index (χ0n) is 12.1. The number of aryl methyl sites for hydroxylation is 1. The van der Waals surface area contributed by atoms with Crippen LogP contribution in [0.1, 0.15) is 71.6 Å². The van der Waals surface area contributed by atoms with Gasteiger partial charge in [-0.15, -0.1) is 10.2 Å². The van der Waals surface area contributed by atoms with Gasteiger partial charge in [0.05, 0.1) is 0 Å². The molecule has 0 spiro atoms. The molecule has 1 heterocycles. The van der Waals surface area contributed by atoms with E-state index in [0.29, 0.717) is 0 Å². The van der Waals surface area contributed by atoms with E-state index >= 15 is 0 Å². The number of hydrogen-bond acceptors (Lipinski definition) is 2. The Hall–Kier alpha value is -0.860. The molecule has 0 aromatic carbocycles. The highest BCUT2D eigenvalue weighted by molar-refractivity contribution is 4.60. The van der Waals surface area contributed by atoms with Crippen molar-refractivity contribution >= 4 is 0 Å². The van der Waals surface area contributed by atoms with Crippen LogP contribution in [0.3, 0.4) is 0 Å². The van der Waals surface area contributed by atoms with Gasteiger partial charge >= 0.3 is 0 Å². The molecule has 1 rings (SSSR count). The van der Waals surface area contributed by atoms with Crippen molar-refractivity contribution in [3.05, 3.63) is 12.7 Å². The van der Waals surface area contributed by atoms with Crippen LogP contribution in [0.15, 0.2) is 12.7 Å². The van der Waals surface area contributed by atoms with Crippen LogP contribution in [0.5, 0.6) is 0 Å². The molecule has 0 fully saturated rings. The van der Waals surface area contributed by atoms with Crippen molar-refractivity contribution in [2.24, 2.45) is 5.92 Å². The van der Waals surface area contributed by atoms with E-state index in [1.54, 1.807) is 12.7 Å². The van der Waals surface area contributed by atoms with Crippen LogP contribution in [0, 0.1) is 5.92 Å². The summed E-state index contributed by atoms with van der Waals surface area (Å²) in [6, 6.07) is 0. The van der Waals surface area contributed by atoms with Gasteiger partial charge in [-0.2, -0.15) is 0 Å². The summed E-state index contributed by atoms with van der Waals surface area (Å²) < 4.78 is 2.06. The molecule has 1 unspecified atom stereocenters. The molecule has 0 N–H and O–H groups in total. The predicted molar refractivity (Wildman–Crippen MR) is 76.4 cm³/mol. The summed E-state index contributed by atoms with van der Waals surface area (Å²) in [7, 11) is 0. The second-order valence-corrected chi connectivity index (χ2v) is 5.50. The summed E-state index contributed by atoms with van der Waals surface area (Å²) in [6.45, 7) is 5.75. The molecular weight excluding hydrogens is 222 g/mol. The lowest BCUT2D eigenvalue weighted by atomic mass is 9.96. The van der Waals surface area contributed by atoms with Crippen LogP contribution in [0.25, 0.3) is 0 Å². The summed E-state index contributed by atoms with van der Waals surface area (Å²) >= 11 is 0. The molecule has 0 saturated carbocycles. The van der Waals surface area contributed by atoms with E-state index in [9.17, 15) is 0 Å². The van der Waals surface area contributed by atoms with E-state index < -0.39 is 0 Å². The number of rotatable bonds is 11. The summed E-state index contributed by atoms with van der Waals surface area (Å²) in [5.74, 6) is 0.914. The fraction of sp³-hybridized carbons (Fsp3) is 0.867. The second kappa shape index (κ2) is 10.1. The van der Waals surface area contributed by atoms with Gasteiger partial charge in [0.25, 0.3) is 0 Å². The number of aromatic nitrogens is 3. The first-order valence-electron chi connectivity index (χ1n) is 7.65. The number of unbranched alkanes of at least 4 members (excludes halogenated alkanes) is 5. The van der Waals surface area contributed by atoms with Gasteiger partial charge in [0, 0.05) is 6.54 Å². The van der Waals surface area contributed by atoms with Gasteiger partial charge in [-0.25, -0.2) is 0 Å². The molecule has 0 aliphatic heterocycles. The van der Waals surface area contributed by atoms with E-state index in [0.717, 1.165) is 12.5 Å². The molecular formula is C15H29N3. The molecule has 104 valence electrons. The Labute approximate surface area is 112 Å². The zero-order chi connectivity index (χ0) is 13.1. The lowest BCUT2D eigenvalue weighted by Crippen LogP contribution is -1.97. The normalized spacial score (nSPS) is 12.8. The van der Waals surface area contributed by atoms with Crippen molar-refractivity contribution in [1.29, 1.82) is 0 Å². The van der Waals surface area contributed by atoms with Crippen molar-refractivity contribution in [3.8, 4) is 0 Å². The van der Waals surface area contributed by atoms with Crippen LogP contribution >= 0.6 is 0 Å². The first-order valence-corrected chi connectivity index (χ1v) is 7.65. The summed E-state index contributed by atoms with van der Waals surface area (Å²) in [6.07, 6.45) is 16.0. The van der Waals surface area contributed by atoms with Crippen LogP contribution in [0.4, 0.5) is 0 Å². The van der Waals surface area contributed by atoms with E-state index in [-0.39, 0.29) is 0 Å². The smallest absolute Gasteiger partial charge is 0.119 e. The highest BCUT2D eigenvalue weighted by Gasteiger charge is 2.01. The van der Waals surface area contributed by atoms with Crippen LogP contribution < -0.4 is 0 Å². The van der Waals surface area contributed by atoms with Crippen molar-refractivity contribution in [3.63, 3.8) is 0 Å². The first-order chi connectivity index (χ1) is 8.83. The molecule has 18 heavy (non-hydrogen) atoms. The Balaban J connectivity index is 1.87. The third kappa shape index (κ3) is 7.46. The highest BCUT2D eigenvalue weighted by Crippen LogP contribution is 2.17. The van der Waals surface area contributed by atoms with Gasteiger partial charge in [0.2, 0.25) is 0 Å². The van der Waals surface area contributed by atoms with Gasteiger partial charge in [-0.05, 0) is 12.3 Å². The van der Waals surface area contributed by atoms with Crippen molar-refractivity contribution < 1.29 is 0 Å². The van der Waals surface area contributed by atoms with Crippen LogP contribution in [0.2, 0.25) is 0 Å². The zero-order valence-corrected chi connectivity index (χ0v) is 12.1. The second-order valence-electron chi connectivity index (χ2n) is 5.50. The minimum absolute atomic E-state index is 0.914. The Bertz CT molecular complexity index is 269. The molecule has 1 atom stereocenters. The maximum atomic E-state index is 3.81. The van der Waals surface area contributed by atoms with Gasteiger partial charge in [-0.3, -0.25) is 0 Å². The van der Waals surface area contributed by atoms with Crippen molar-refractivity contribution in [2.45, 2.75) is 78.2 Å². The summed E-state index contributed by atoms with van der Waals surface area (Å²) in [5.41, 5.74) is 0. The third-order valence-electron chi connectivity index (χ3n) is 3.63. The molecule has 0 radical (unpaired) electrons. The number of nitrogens with zero attached hydrogens (tertiary/aromatic N) is 3. The summed E-state index contributed by atoms with van der Waals surface area (Å²) in [5, 5.41) is 7.62. The van der Waals surface area contributed by atoms with Crippen LogP contribution in [-0.2, 0) is 6.54 Å². The van der Waals surface area contributed by atoms with Gasteiger partial charge < -0.3 is 4.57 Å². The molecule has 3 heteroatoms. The maximum Gasteiger partial charge on any atom is 0.119 e. The van der Waals surface area contributed by atoms with Crippen LogP contribution in [-0.4, -0.2) is 14.8 Å². The number of hydrogen-bond donors (Lipinski definition) is 0. The molecule has 1 aromatic heterocycles. The predicted octanol–water partition coefficient (Wildman–Crippen LogP) is 4.45. The molecule has 0 aliphatic rings. The topological polar surface area (TPSA) is 30.7 Å². The lowest BCUT2D eigenvalue weighted by Gasteiger charge is -2.10. The Morgan fingerprint density at radius 2 is 1.50 bits per heavy atom. The fourth-order valence-corrected chi connectivity index (χ4v) is 2.37. The lowest BCUT2D eigenvalue weighted by molar-refractivity contribution is 0.432. The Morgan fingerprint density at radius 3 is 2.11 bits per heavy atom. The first kappa shape index (κ1) is 15.2. The average Bonchev–Trinajstić information content (AvgIpc) is 2.87. The highest BCUT2D eigenvalue weighted by atomic mass is 15.2. The monoisotopic (exact) mass is 251 g/mol. The van der Waals surface area contributed by atoms with Gasteiger partial charge in [-0.1, -0.05) is 65.2 Å². The average molecular weight is 251 g/mol. The van der Waals surface area contributed by atoms with E-state index in [2.05, 4.69) is 28.6 Å². The minimum Gasteiger partial charge on any atom is -0.320 e. The van der Waals surface area contributed by atoms with Gasteiger partial charge in [0.1, 0.15) is 12.7 Å². The van der Waals surface area contributed by atoms with E-state index in [1.807, 2.05) is 0 Å². The van der Waals surface area contributed by atoms with E-state index in [4.69, 9.17) is 0 Å². The summed E-state index contributed by atoms with van der Waals surface area (Å²) in [4.78, 5) is 0. The fourth-order valence-electron chi connectivity index (χ4n) is 2.37. The molecule has 0 amide bonds. The van der Waals surface area contributed by atoms with E-state index in [1.165, 1.54) is 57.8 Å². The largest absolute Gasteiger partial charge is 0.320 e. The standard InChI is InChI=1S/C15H29N3/c1-3-4-5-7-10-15(2)11-8-6-9-12-18-13-16-17-14-18/h13-15H,3-12H2,1-2H3. The third-order valence-corrected chi connectivity index (χ3v) is 3.63. The Morgan fingerprint density at radius 1 is 0.889 bits per heavy atom.